The summed E-state index contributed by atoms with van der Waals surface area (Å²) in [4.78, 5) is 26.3. The van der Waals surface area contributed by atoms with E-state index in [1.165, 1.54) is 6.07 Å². The molecule has 0 saturated carbocycles. The summed E-state index contributed by atoms with van der Waals surface area (Å²) in [5, 5.41) is 2.93. The number of urea groups is 1. The Balaban J connectivity index is 1.43. The number of benzene rings is 2. The zero-order chi connectivity index (χ0) is 25.2. The minimum absolute atomic E-state index is 0.134. The number of hydrogen-bond acceptors (Lipinski definition) is 5. The van der Waals surface area contributed by atoms with E-state index in [4.69, 9.17) is 9.72 Å². The second-order valence-corrected chi connectivity index (χ2v) is 9.57. The van der Waals surface area contributed by atoms with Gasteiger partial charge < -0.3 is 19.9 Å². The molecule has 2 aliphatic rings. The number of aromatic nitrogens is 2. The Morgan fingerprint density at radius 1 is 1.03 bits per heavy atom. The lowest BCUT2D eigenvalue weighted by Crippen LogP contribution is -2.40. The van der Waals surface area contributed by atoms with Crippen LogP contribution < -0.4 is 15.0 Å². The zero-order valence-electron chi connectivity index (χ0n) is 20.4. The van der Waals surface area contributed by atoms with Gasteiger partial charge in [0.1, 0.15) is 5.75 Å². The maximum atomic E-state index is 13.9. The molecule has 0 unspecified atom stereocenters. The monoisotopic (exact) mass is 493 g/mol. The number of carbonyl (C=O) groups is 1. The van der Waals surface area contributed by atoms with Crippen LogP contribution in [0.5, 0.6) is 11.6 Å². The molecular formula is C27H29F2N5O2. The van der Waals surface area contributed by atoms with Crippen LogP contribution in [-0.4, -0.2) is 40.5 Å². The van der Waals surface area contributed by atoms with Crippen molar-refractivity contribution in [1.82, 2.24) is 14.9 Å². The molecule has 1 saturated heterocycles. The van der Waals surface area contributed by atoms with Crippen molar-refractivity contribution >= 4 is 17.7 Å². The highest BCUT2D eigenvalue weighted by atomic mass is 19.2. The third-order valence-corrected chi connectivity index (χ3v) is 6.77. The van der Waals surface area contributed by atoms with Gasteiger partial charge in [0, 0.05) is 37.8 Å². The Morgan fingerprint density at radius 2 is 1.78 bits per heavy atom. The van der Waals surface area contributed by atoms with Gasteiger partial charge in [0.2, 0.25) is 11.8 Å². The number of aryl methyl sites for hydroxylation is 1. The molecule has 2 amide bonds. The SMILES string of the molecule is Cc1ccc(NC(=O)N2CCc3nc(N4CCC(C)CC4)nc(Oc4ccc(F)c(F)c4)c3C2)cc1. The van der Waals surface area contributed by atoms with Crippen molar-refractivity contribution in [2.45, 2.75) is 39.7 Å². The highest BCUT2D eigenvalue weighted by Gasteiger charge is 2.29. The second kappa shape index (κ2) is 10.1. The van der Waals surface area contributed by atoms with Crippen molar-refractivity contribution in [3.8, 4) is 11.6 Å². The maximum Gasteiger partial charge on any atom is 0.322 e. The number of carbonyl (C=O) groups excluding carboxylic acids is 1. The first kappa shape index (κ1) is 24.0. The van der Waals surface area contributed by atoms with Crippen LogP contribution in [0.3, 0.4) is 0 Å². The van der Waals surface area contributed by atoms with Crippen molar-refractivity contribution in [1.29, 1.82) is 0 Å². The molecule has 36 heavy (non-hydrogen) atoms. The van der Waals surface area contributed by atoms with E-state index < -0.39 is 11.6 Å². The lowest BCUT2D eigenvalue weighted by molar-refractivity contribution is 0.205. The molecule has 2 aliphatic heterocycles. The number of fused-ring (bicyclic) bond motifs is 1. The van der Waals surface area contributed by atoms with Crippen LogP contribution in [0.4, 0.5) is 25.2 Å². The van der Waals surface area contributed by atoms with E-state index in [-0.39, 0.29) is 24.2 Å². The van der Waals surface area contributed by atoms with Crippen LogP contribution in [-0.2, 0) is 13.0 Å². The Morgan fingerprint density at radius 3 is 2.50 bits per heavy atom. The molecule has 7 nitrogen and oxygen atoms in total. The predicted octanol–water partition coefficient (Wildman–Crippen LogP) is 5.68. The maximum absolute atomic E-state index is 13.9. The molecule has 188 valence electrons. The quantitative estimate of drug-likeness (QED) is 0.506. The molecule has 0 atom stereocenters. The van der Waals surface area contributed by atoms with Crippen molar-refractivity contribution in [3.05, 3.63) is 70.9 Å². The van der Waals surface area contributed by atoms with Gasteiger partial charge in [-0.2, -0.15) is 4.98 Å². The number of nitrogens with one attached hydrogen (secondary N) is 1. The van der Waals surface area contributed by atoms with E-state index in [9.17, 15) is 13.6 Å². The molecule has 1 aromatic heterocycles. The van der Waals surface area contributed by atoms with Crippen LogP contribution in [0.25, 0.3) is 0 Å². The van der Waals surface area contributed by atoms with Gasteiger partial charge in [-0.25, -0.2) is 18.6 Å². The Kier molecular flexibility index (Phi) is 6.71. The van der Waals surface area contributed by atoms with E-state index in [2.05, 4.69) is 22.1 Å². The van der Waals surface area contributed by atoms with E-state index in [0.29, 0.717) is 36.1 Å². The number of piperidine rings is 1. The smallest absolute Gasteiger partial charge is 0.322 e. The molecule has 1 N–H and O–H groups in total. The molecule has 5 rings (SSSR count). The summed E-state index contributed by atoms with van der Waals surface area (Å²) in [5.74, 6) is -0.344. The summed E-state index contributed by atoms with van der Waals surface area (Å²) in [6, 6.07) is 10.7. The predicted molar refractivity (Wildman–Crippen MR) is 133 cm³/mol. The Bertz CT molecular complexity index is 1260. The van der Waals surface area contributed by atoms with Gasteiger partial charge in [-0.05, 0) is 49.9 Å². The number of hydrogen-bond donors (Lipinski definition) is 1. The lowest BCUT2D eigenvalue weighted by atomic mass is 9.99. The Hall–Kier alpha value is -3.75. The van der Waals surface area contributed by atoms with Crippen LogP contribution in [0.2, 0.25) is 0 Å². The van der Waals surface area contributed by atoms with E-state index in [1.54, 1.807) is 4.90 Å². The topological polar surface area (TPSA) is 70.6 Å². The van der Waals surface area contributed by atoms with Crippen LogP contribution >= 0.6 is 0 Å². The van der Waals surface area contributed by atoms with Gasteiger partial charge in [-0.15, -0.1) is 0 Å². The highest BCUT2D eigenvalue weighted by molar-refractivity contribution is 5.89. The van der Waals surface area contributed by atoms with Gasteiger partial charge >= 0.3 is 6.03 Å². The fourth-order valence-electron chi connectivity index (χ4n) is 4.47. The second-order valence-electron chi connectivity index (χ2n) is 9.57. The van der Waals surface area contributed by atoms with Gasteiger partial charge in [-0.3, -0.25) is 0 Å². The average Bonchev–Trinajstić information content (AvgIpc) is 2.87. The molecule has 0 aliphatic carbocycles. The average molecular weight is 494 g/mol. The molecule has 9 heteroatoms. The fourth-order valence-corrected chi connectivity index (χ4v) is 4.47. The molecule has 0 radical (unpaired) electrons. The van der Waals surface area contributed by atoms with Crippen LogP contribution in [0, 0.1) is 24.5 Å². The minimum Gasteiger partial charge on any atom is -0.438 e. The highest BCUT2D eigenvalue weighted by Crippen LogP contribution is 2.33. The standard InChI is InChI=1S/C27H29F2N5O2/c1-17-3-5-19(6-4-17)30-27(35)34-14-11-24-21(16-34)25(36-20-7-8-22(28)23(29)15-20)32-26(31-24)33-12-9-18(2)10-13-33/h3-8,15,18H,9-14,16H2,1-2H3,(H,30,35). The molecule has 0 bridgehead atoms. The number of ether oxygens (including phenoxy) is 1. The summed E-state index contributed by atoms with van der Waals surface area (Å²) < 4.78 is 33.3. The first-order valence-corrected chi connectivity index (χ1v) is 12.3. The third-order valence-electron chi connectivity index (χ3n) is 6.77. The van der Waals surface area contributed by atoms with E-state index >= 15 is 0 Å². The molecular weight excluding hydrogens is 464 g/mol. The van der Waals surface area contributed by atoms with E-state index in [1.807, 2.05) is 31.2 Å². The van der Waals surface area contributed by atoms with E-state index in [0.717, 1.165) is 49.3 Å². The van der Waals surface area contributed by atoms with Gasteiger partial charge in [0.05, 0.1) is 17.8 Å². The summed E-state index contributed by atoms with van der Waals surface area (Å²) >= 11 is 0. The van der Waals surface area contributed by atoms with Crippen molar-refractivity contribution in [2.75, 3.05) is 29.9 Å². The van der Waals surface area contributed by atoms with Crippen LogP contribution in [0.15, 0.2) is 42.5 Å². The third kappa shape index (κ3) is 5.24. The number of rotatable bonds is 4. The largest absolute Gasteiger partial charge is 0.438 e. The van der Waals surface area contributed by atoms with Gasteiger partial charge in [0.15, 0.2) is 11.6 Å². The summed E-state index contributed by atoms with van der Waals surface area (Å²) in [6.45, 7) is 6.64. The van der Waals surface area contributed by atoms with Gasteiger partial charge in [-0.1, -0.05) is 24.6 Å². The molecule has 1 fully saturated rings. The normalized spacial score (nSPS) is 16.0. The molecule has 3 aromatic rings. The van der Waals surface area contributed by atoms with Crippen molar-refractivity contribution in [2.24, 2.45) is 5.92 Å². The molecule has 0 spiro atoms. The summed E-state index contributed by atoms with van der Waals surface area (Å²) in [6.07, 6.45) is 2.63. The minimum atomic E-state index is -1.00. The molecule has 2 aromatic carbocycles. The first-order chi connectivity index (χ1) is 17.4. The lowest BCUT2D eigenvalue weighted by Gasteiger charge is -2.33. The van der Waals surface area contributed by atoms with Crippen LogP contribution in [0.1, 0.15) is 36.6 Å². The fraction of sp³-hybridized carbons (Fsp3) is 0.370. The first-order valence-electron chi connectivity index (χ1n) is 12.3. The Labute approximate surface area is 209 Å². The number of amides is 2. The zero-order valence-corrected chi connectivity index (χ0v) is 20.4. The molecule has 3 heterocycles. The number of halogens is 2. The van der Waals surface area contributed by atoms with Crippen molar-refractivity contribution in [3.63, 3.8) is 0 Å². The number of anilines is 2. The van der Waals surface area contributed by atoms with Crippen molar-refractivity contribution < 1.29 is 18.3 Å². The number of nitrogens with zero attached hydrogens (tertiary/aromatic N) is 4. The summed E-state index contributed by atoms with van der Waals surface area (Å²) in [5.41, 5.74) is 3.28. The van der Waals surface area contributed by atoms with Gasteiger partial charge in [0.25, 0.3) is 0 Å². The summed E-state index contributed by atoms with van der Waals surface area (Å²) in [7, 11) is 0.